The monoisotopic (exact) mass is 239 g/mol. The summed E-state index contributed by atoms with van der Waals surface area (Å²) in [6.07, 6.45) is 2.29. The van der Waals surface area contributed by atoms with Crippen LogP contribution in [0.15, 0.2) is 0 Å². The molecule has 4 nitrogen and oxygen atoms in total. The predicted molar refractivity (Wildman–Crippen MR) is 69.1 cm³/mol. The smallest absolute Gasteiger partial charge is 0.219 e. The Bertz CT molecular complexity index is 294. The molecule has 1 amide bonds. The first-order valence-corrected chi connectivity index (χ1v) is 6.13. The van der Waals surface area contributed by atoms with Crippen LogP contribution < -0.4 is 5.73 Å². The molecule has 0 radical (unpaired) electrons. The summed E-state index contributed by atoms with van der Waals surface area (Å²) >= 11 is 0. The number of nitrogens with two attached hydrogens (primary N) is 1. The van der Waals surface area contributed by atoms with Gasteiger partial charge in [-0.05, 0) is 33.1 Å². The number of amides is 1. The Balaban J connectivity index is 4.75. The van der Waals surface area contributed by atoms with Crippen LogP contribution >= 0.6 is 0 Å². The molecule has 0 fully saturated rings. The number of hydrogen-bond acceptors (Lipinski definition) is 3. The van der Waals surface area contributed by atoms with Crippen molar-refractivity contribution in [3.05, 3.63) is 0 Å². The summed E-state index contributed by atoms with van der Waals surface area (Å²) in [5.41, 5.74) is 5.52. The van der Waals surface area contributed by atoms with Gasteiger partial charge in [0.05, 0.1) is 11.5 Å². The lowest BCUT2D eigenvalue weighted by molar-refractivity contribution is -0.130. The zero-order chi connectivity index (χ0) is 13.6. The van der Waals surface area contributed by atoms with Gasteiger partial charge in [-0.25, -0.2) is 0 Å². The molecule has 98 valence electrons. The van der Waals surface area contributed by atoms with Crippen LogP contribution in [0, 0.1) is 16.7 Å². The third-order valence-corrected chi connectivity index (χ3v) is 3.19. The number of carbonyl (C=O) groups is 1. The van der Waals surface area contributed by atoms with E-state index in [9.17, 15) is 4.79 Å². The van der Waals surface area contributed by atoms with Crippen molar-refractivity contribution in [2.24, 2.45) is 11.1 Å². The van der Waals surface area contributed by atoms with E-state index in [1.807, 2.05) is 20.8 Å². The van der Waals surface area contributed by atoms with Gasteiger partial charge in [0.1, 0.15) is 0 Å². The van der Waals surface area contributed by atoms with E-state index < -0.39 is 5.41 Å². The lowest BCUT2D eigenvalue weighted by atomic mass is 9.84. The Labute approximate surface area is 105 Å². The van der Waals surface area contributed by atoms with Gasteiger partial charge in [0.15, 0.2) is 0 Å². The molecule has 0 rings (SSSR count). The summed E-state index contributed by atoms with van der Waals surface area (Å²) < 4.78 is 0. The Morgan fingerprint density at radius 1 is 1.53 bits per heavy atom. The highest BCUT2D eigenvalue weighted by molar-refractivity contribution is 5.73. The molecule has 4 heteroatoms. The molecule has 0 bridgehead atoms. The van der Waals surface area contributed by atoms with Gasteiger partial charge in [-0.1, -0.05) is 6.92 Å². The van der Waals surface area contributed by atoms with Crippen LogP contribution in [-0.4, -0.2) is 29.9 Å². The number of carbonyl (C=O) groups excluding carboxylic acids is 1. The van der Waals surface area contributed by atoms with Crippen LogP contribution in [0.2, 0.25) is 0 Å². The number of rotatable bonds is 6. The van der Waals surface area contributed by atoms with Crippen LogP contribution in [0.4, 0.5) is 0 Å². The Morgan fingerprint density at radius 2 is 2.06 bits per heavy atom. The van der Waals surface area contributed by atoms with Crippen molar-refractivity contribution in [2.45, 2.75) is 59.0 Å². The van der Waals surface area contributed by atoms with Gasteiger partial charge < -0.3 is 10.6 Å². The van der Waals surface area contributed by atoms with E-state index in [1.165, 1.54) is 0 Å². The average molecular weight is 239 g/mol. The van der Waals surface area contributed by atoms with E-state index in [2.05, 4.69) is 6.07 Å². The van der Waals surface area contributed by atoms with Crippen LogP contribution in [0.3, 0.4) is 0 Å². The fourth-order valence-corrected chi connectivity index (χ4v) is 1.79. The summed E-state index contributed by atoms with van der Waals surface area (Å²) in [6, 6.07) is 2.40. The molecule has 2 N–H and O–H groups in total. The molecule has 17 heavy (non-hydrogen) atoms. The van der Waals surface area contributed by atoms with Crippen molar-refractivity contribution in [3.63, 3.8) is 0 Å². The van der Waals surface area contributed by atoms with Crippen LogP contribution in [0.5, 0.6) is 0 Å². The highest BCUT2D eigenvalue weighted by atomic mass is 16.2. The van der Waals surface area contributed by atoms with Gasteiger partial charge in [-0.2, -0.15) is 5.26 Å². The Hall–Kier alpha value is -1.08. The third kappa shape index (κ3) is 5.69. The van der Waals surface area contributed by atoms with Gasteiger partial charge in [0.25, 0.3) is 0 Å². The number of nitrogens with zero attached hydrogens (tertiary/aromatic N) is 2. The minimum absolute atomic E-state index is 0.0204. The number of hydrogen-bond donors (Lipinski definition) is 1. The van der Waals surface area contributed by atoms with Crippen LogP contribution in [-0.2, 0) is 4.79 Å². The van der Waals surface area contributed by atoms with Crippen LogP contribution in [0.25, 0.3) is 0 Å². The second-order valence-electron chi connectivity index (χ2n) is 5.39. The van der Waals surface area contributed by atoms with E-state index in [1.54, 1.807) is 18.9 Å². The fourth-order valence-electron chi connectivity index (χ4n) is 1.79. The second kappa shape index (κ2) is 6.61. The van der Waals surface area contributed by atoms with Gasteiger partial charge in [-0.3, -0.25) is 4.79 Å². The Kier molecular flexibility index (Phi) is 6.19. The zero-order valence-corrected chi connectivity index (χ0v) is 11.7. The molecule has 0 spiro atoms. The summed E-state index contributed by atoms with van der Waals surface area (Å²) in [5, 5.41) is 9.07. The maximum atomic E-state index is 11.4. The molecule has 2 atom stereocenters. The first-order valence-electron chi connectivity index (χ1n) is 6.13. The van der Waals surface area contributed by atoms with E-state index in [-0.39, 0.29) is 18.0 Å². The summed E-state index contributed by atoms with van der Waals surface area (Å²) in [6.45, 7) is 7.37. The quantitative estimate of drug-likeness (QED) is 0.769. The van der Waals surface area contributed by atoms with Crippen molar-refractivity contribution >= 4 is 5.91 Å². The molecule has 0 aliphatic carbocycles. The lowest BCUT2D eigenvalue weighted by Crippen LogP contribution is -2.42. The molecular formula is C13H25N3O. The van der Waals surface area contributed by atoms with Crippen molar-refractivity contribution < 1.29 is 4.79 Å². The first-order chi connectivity index (χ1) is 7.73. The average Bonchev–Trinajstić information content (AvgIpc) is 2.26. The minimum atomic E-state index is -0.429. The summed E-state index contributed by atoms with van der Waals surface area (Å²) in [5.74, 6) is 0.0204. The highest BCUT2D eigenvalue weighted by Gasteiger charge is 2.27. The molecule has 0 saturated carbocycles. The summed E-state index contributed by atoms with van der Waals surface area (Å²) in [7, 11) is 1.78. The fraction of sp³-hybridized carbons (Fsp3) is 0.846. The topological polar surface area (TPSA) is 70.1 Å². The van der Waals surface area contributed by atoms with Crippen molar-refractivity contribution in [3.8, 4) is 6.07 Å². The molecule has 2 unspecified atom stereocenters. The van der Waals surface area contributed by atoms with Gasteiger partial charge in [-0.15, -0.1) is 0 Å². The van der Waals surface area contributed by atoms with Crippen LogP contribution in [0.1, 0.15) is 47.0 Å². The molecular weight excluding hydrogens is 214 g/mol. The zero-order valence-electron chi connectivity index (χ0n) is 11.7. The SMILES string of the molecule is CCC(N)CC(CC(C)(C)C#N)N(C)C(C)=O. The third-order valence-electron chi connectivity index (χ3n) is 3.19. The van der Waals surface area contributed by atoms with Gasteiger partial charge in [0.2, 0.25) is 5.91 Å². The van der Waals surface area contributed by atoms with Crippen molar-refractivity contribution in [1.29, 1.82) is 5.26 Å². The van der Waals surface area contributed by atoms with E-state index in [4.69, 9.17) is 11.0 Å². The molecule has 0 saturated heterocycles. The molecule has 0 aromatic carbocycles. The molecule has 0 aliphatic heterocycles. The maximum absolute atomic E-state index is 11.4. The van der Waals surface area contributed by atoms with Gasteiger partial charge >= 0.3 is 0 Å². The van der Waals surface area contributed by atoms with E-state index in [0.717, 1.165) is 12.8 Å². The summed E-state index contributed by atoms with van der Waals surface area (Å²) in [4.78, 5) is 13.1. The van der Waals surface area contributed by atoms with Gasteiger partial charge in [0, 0.05) is 26.1 Å². The maximum Gasteiger partial charge on any atom is 0.219 e. The number of nitriles is 1. The van der Waals surface area contributed by atoms with E-state index in [0.29, 0.717) is 6.42 Å². The largest absolute Gasteiger partial charge is 0.343 e. The predicted octanol–water partition coefficient (Wildman–Crippen LogP) is 1.90. The Morgan fingerprint density at radius 3 is 2.41 bits per heavy atom. The highest BCUT2D eigenvalue weighted by Crippen LogP contribution is 2.25. The molecule has 0 aromatic rings. The minimum Gasteiger partial charge on any atom is -0.343 e. The van der Waals surface area contributed by atoms with Crippen molar-refractivity contribution in [1.82, 2.24) is 4.90 Å². The lowest BCUT2D eigenvalue weighted by Gasteiger charge is -2.33. The first kappa shape index (κ1) is 15.9. The normalized spacial score (nSPS) is 14.9. The van der Waals surface area contributed by atoms with Crippen molar-refractivity contribution in [2.75, 3.05) is 7.05 Å². The standard InChI is InChI=1S/C13H25N3O/c1-6-11(15)7-12(16(5)10(2)17)8-13(3,4)9-14/h11-12H,6-8,15H2,1-5H3. The molecule has 0 heterocycles. The molecule has 0 aliphatic rings. The van der Waals surface area contributed by atoms with E-state index >= 15 is 0 Å². The molecule has 0 aromatic heterocycles. The second-order valence-corrected chi connectivity index (χ2v) is 5.39.